The van der Waals surface area contributed by atoms with E-state index in [9.17, 15) is 39.4 Å². The van der Waals surface area contributed by atoms with E-state index in [0.29, 0.717) is 4.57 Å². The van der Waals surface area contributed by atoms with Gasteiger partial charge >= 0.3 is 25.4 Å². The molecule has 0 radical (unpaired) electrons. The quantitative estimate of drug-likeness (QED) is 0.0618. The fraction of sp³-hybridized carbons (Fsp3) is 0.522. The van der Waals surface area contributed by atoms with Gasteiger partial charge in [0.05, 0.1) is 11.5 Å². The number of esters is 1. The van der Waals surface area contributed by atoms with Gasteiger partial charge in [0, 0.05) is 0 Å². The number of halogens is 1. The van der Waals surface area contributed by atoms with E-state index < -0.39 is 79.2 Å². The average Bonchev–Trinajstić information content (AvgIpc) is 2.87. The maximum absolute atomic E-state index is 13.5. The fourth-order valence-electron chi connectivity index (χ4n) is 2.53. The van der Waals surface area contributed by atoms with Crippen molar-refractivity contribution in [2.45, 2.75) is 77.2 Å². The van der Waals surface area contributed by atoms with Gasteiger partial charge in [0.25, 0.3) is 5.56 Å². The monoisotopic (exact) mass is 643 g/mol. The summed E-state index contributed by atoms with van der Waals surface area (Å²) in [7, 11) is -4.74. The molecule has 0 aliphatic rings. The summed E-state index contributed by atoms with van der Waals surface area (Å²) in [5.74, 6) is -6.52. The molecule has 1 heterocycles. The van der Waals surface area contributed by atoms with E-state index in [1.54, 1.807) is 24.9 Å². The Labute approximate surface area is 244 Å². The van der Waals surface area contributed by atoms with Crippen LogP contribution < -0.4 is 20.9 Å². The number of aliphatic hydroxyl groups excluding tert-OH is 1. The van der Waals surface area contributed by atoms with Crippen LogP contribution >= 0.6 is 19.3 Å². The van der Waals surface area contributed by atoms with Crippen LogP contribution in [0.4, 0.5) is 0 Å². The van der Waals surface area contributed by atoms with Crippen LogP contribution in [0.25, 0.3) is 0 Å². The molecular weight excluding hydrogens is 609 g/mol. The largest absolute Gasteiger partial charge is 0.499 e. The summed E-state index contributed by atoms with van der Waals surface area (Å²) in [4.78, 5) is 37.1. The zero-order chi connectivity index (χ0) is 32.4. The van der Waals surface area contributed by atoms with Crippen LogP contribution in [0.3, 0.4) is 0 Å². The van der Waals surface area contributed by atoms with Crippen molar-refractivity contribution in [3.63, 3.8) is 0 Å². The summed E-state index contributed by atoms with van der Waals surface area (Å²) >= 11 is 5.11. The van der Waals surface area contributed by atoms with Crippen molar-refractivity contribution in [1.82, 2.24) is 14.6 Å². The second-order valence-electron chi connectivity index (χ2n) is 8.88. The molecule has 238 valence electrons. The molecular formula is C23H35ClN3O14P. The topological polar surface area (TPSA) is 259 Å². The van der Waals surface area contributed by atoms with Crippen LogP contribution in [0.1, 0.15) is 34.6 Å². The standard InChI is InChI=1S/C20H28N3O12P.C3H7ClO2/c1-11(2)33-18(27)12(3)22-36(31,34-14-8-6-5-7-9-14)35-20(29,30)13(4)32-10-23-17(26)15(24)16(25)21-19(23)28;1-2(4)3(5)6/h5-9,11-13,24,26,29-30H,10H2,1-4H3,(H,22,31)(H,21,25,28);2-3,5-6H,1H3/t12-,13?,36?;2-/m01/s1. The highest BCUT2D eigenvalue weighted by atomic mass is 35.5. The number of benzene rings is 1. The molecule has 17 nitrogen and oxygen atoms in total. The number of nitrogens with one attached hydrogen (secondary N) is 2. The summed E-state index contributed by atoms with van der Waals surface area (Å²) in [6.07, 6.45) is -3.66. The predicted molar refractivity (Wildman–Crippen MR) is 145 cm³/mol. The fourth-order valence-corrected chi connectivity index (χ4v) is 4.15. The second-order valence-corrected chi connectivity index (χ2v) is 11.2. The molecule has 0 aliphatic carbocycles. The van der Waals surface area contributed by atoms with Crippen LogP contribution in [-0.4, -0.2) is 82.0 Å². The van der Waals surface area contributed by atoms with Gasteiger partial charge in [-0.1, -0.05) is 18.2 Å². The zero-order valence-electron chi connectivity index (χ0n) is 23.2. The third-order valence-electron chi connectivity index (χ3n) is 4.82. The number of hydrogen-bond acceptors (Lipinski definition) is 14. The number of rotatable bonds is 13. The van der Waals surface area contributed by atoms with Crippen molar-refractivity contribution >= 4 is 25.3 Å². The van der Waals surface area contributed by atoms with Gasteiger partial charge in [-0.05, 0) is 46.8 Å². The third kappa shape index (κ3) is 11.7. The molecule has 1 aromatic carbocycles. The molecule has 1 aromatic heterocycles. The van der Waals surface area contributed by atoms with Gasteiger partial charge in [-0.3, -0.25) is 14.6 Å². The lowest BCUT2D eigenvalue weighted by Gasteiger charge is -2.32. The van der Waals surface area contributed by atoms with Gasteiger partial charge in [0.2, 0.25) is 11.6 Å². The zero-order valence-corrected chi connectivity index (χ0v) is 24.9. The lowest BCUT2D eigenvalue weighted by Crippen LogP contribution is -2.47. The smallest absolute Gasteiger partial charge is 0.463 e. The molecule has 0 bridgehead atoms. The van der Waals surface area contributed by atoms with Crippen molar-refractivity contribution in [3.8, 4) is 17.4 Å². The van der Waals surface area contributed by atoms with E-state index in [1.165, 1.54) is 38.1 Å². The number of aromatic hydroxyl groups is 2. The van der Waals surface area contributed by atoms with Crippen molar-refractivity contribution in [2.75, 3.05) is 0 Å². The number of aromatic amines is 1. The lowest BCUT2D eigenvalue weighted by molar-refractivity contribution is -0.347. The SMILES string of the molecule is CC(C)OC(=O)[C@H](C)NP(=O)(Oc1ccccc1)OC(O)(O)C(C)OCn1c(O)c(O)c(=O)[nH]c1=O.C[C@@H](Cl)C(O)O. The predicted octanol–water partition coefficient (Wildman–Crippen LogP) is 0.00660. The number of H-pyrrole nitrogens is 1. The maximum atomic E-state index is 13.5. The minimum absolute atomic E-state index is 0.0117. The van der Waals surface area contributed by atoms with E-state index in [1.807, 2.05) is 0 Å². The number of carbonyl (C=O) groups is 1. The summed E-state index contributed by atoms with van der Waals surface area (Å²) in [5.41, 5.74) is -2.43. The summed E-state index contributed by atoms with van der Waals surface area (Å²) in [5, 5.41) is 58.0. The maximum Gasteiger partial charge on any atom is 0.463 e. The highest BCUT2D eigenvalue weighted by Crippen LogP contribution is 2.48. The Balaban J connectivity index is 0.00000132. The summed E-state index contributed by atoms with van der Waals surface area (Å²) in [6.45, 7) is 6.11. The van der Waals surface area contributed by atoms with Crippen LogP contribution in [0.5, 0.6) is 17.4 Å². The molecule has 4 atom stereocenters. The van der Waals surface area contributed by atoms with Crippen LogP contribution in [-0.2, 0) is 30.1 Å². The number of ether oxygens (including phenoxy) is 2. The molecule has 0 aliphatic heterocycles. The van der Waals surface area contributed by atoms with Gasteiger partial charge < -0.3 is 44.6 Å². The molecule has 0 spiro atoms. The van der Waals surface area contributed by atoms with E-state index >= 15 is 0 Å². The molecule has 8 N–H and O–H groups in total. The van der Waals surface area contributed by atoms with Crippen LogP contribution in [0.2, 0.25) is 0 Å². The summed E-state index contributed by atoms with van der Waals surface area (Å²) < 4.78 is 34.2. The normalized spacial score (nSPS) is 15.2. The molecule has 2 rings (SSSR count). The van der Waals surface area contributed by atoms with Crippen molar-refractivity contribution in [1.29, 1.82) is 0 Å². The molecule has 2 aromatic rings. The molecule has 0 saturated heterocycles. The first-order chi connectivity index (χ1) is 19.3. The Morgan fingerprint density at radius 1 is 1.10 bits per heavy atom. The molecule has 0 fully saturated rings. The van der Waals surface area contributed by atoms with E-state index in [-0.39, 0.29) is 5.75 Å². The third-order valence-corrected chi connectivity index (χ3v) is 6.71. The molecule has 0 saturated carbocycles. The number of para-hydroxylation sites is 1. The van der Waals surface area contributed by atoms with E-state index in [4.69, 9.17) is 40.3 Å². The second kappa shape index (κ2) is 16.0. The Morgan fingerprint density at radius 2 is 1.64 bits per heavy atom. The van der Waals surface area contributed by atoms with Gasteiger partial charge in [-0.25, -0.2) is 18.5 Å². The first-order valence-corrected chi connectivity index (χ1v) is 14.1. The Hall–Kier alpha value is -2.99. The van der Waals surface area contributed by atoms with Gasteiger partial charge in [0.15, 0.2) is 6.29 Å². The highest BCUT2D eigenvalue weighted by molar-refractivity contribution is 7.52. The van der Waals surface area contributed by atoms with Gasteiger partial charge in [-0.2, -0.15) is 5.09 Å². The number of aliphatic hydroxyl groups is 4. The van der Waals surface area contributed by atoms with Crippen molar-refractivity contribution in [2.24, 2.45) is 0 Å². The van der Waals surface area contributed by atoms with Crippen LogP contribution in [0, 0.1) is 0 Å². The first kappa shape index (κ1) is 37.0. The van der Waals surface area contributed by atoms with Gasteiger partial charge in [-0.15, -0.1) is 11.6 Å². The van der Waals surface area contributed by atoms with Crippen molar-refractivity contribution < 1.29 is 58.5 Å². The summed E-state index contributed by atoms with van der Waals surface area (Å²) in [6, 6.07) is 6.21. The molecule has 0 amide bonds. The Morgan fingerprint density at radius 3 is 2.14 bits per heavy atom. The number of carbonyl (C=O) groups excluding carboxylic acids is 1. The Kier molecular flexibility index (Phi) is 14.1. The molecule has 2 unspecified atom stereocenters. The minimum Gasteiger partial charge on any atom is -0.499 e. The van der Waals surface area contributed by atoms with E-state index in [0.717, 1.165) is 6.92 Å². The number of nitrogens with zero attached hydrogens (tertiary/aromatic N) is 1. The van der Waals surface area contributed by atoms with E-state index in [2.05, 4.69) is 5.09 Å². The number of hydrogen-bond donors (Lipinski definition) is 8. The minimum atomic E-state index is -4.74. The number of alkyl halides is 1. The average molecular weight is 644 g/mol. The van der Waals surface area contributed by atoms with Crippen molar-refractivity contribution in [3.05, 3.63) is 51.2 Å². The Bertz CT molecular complexity index is 1310. The molecule has 42 heavy (non-hydrogen) atoms. The lowest BCUT2D eigenvalue weighted by atomic mass is 10.3. The first-order valence-electron chi connectivity index (χ1n) is 12.1. The van der Waals surface area contributed by atoms with Crippen LogP contribution in [0.15, 0.2) is 39.9 Å². The number of aromatic nitrogens is 2. The highest BCUT2D eigenvalue weighted by Gasteiger charge is 2.45. The van der Waals surface area contributed by atoms with Gasteiger partial charge in [0.1, 0.15) is 24.6 Å². The molecule has 19 heteroatoms.